The Bertz CT molecular complexity index is 294. The topological polar surface area (TPSA) is 76.1 Å². The van der Waals surface area contributed by atoms with Crippen molar-refractivity contribution in [3.8, 4) is 0 Å². The summed E-state index contributed by atoms with van der Waals surface area (Å²) in [6, 6.07) is -0.900. The number of carboxylic acids is 1. The van der Waals surface area contributed by atoms with E-state index in [4.69, 9.17) is 14.6 Å². The molecule has 1 saturated heterocycles. The Kier molecular flexibility index (Phi) is 6.07. The zero-order valence-electron chi connectivity index (χ0n) is 10.9. The Labute approximate surface area is 107 Å². The average molecular weight is 259 g/mol. The van der Waals surface area contributed by atoms with Crippen LogP contribution in [0.2, 0.25) is 0 Å². The highest BCUT2D eigenvalue weighted by Crippen LogP contribution is 2.11. The van der Waals surface area contributed by atoms with Crippen LogP contribution in [0.4, 0.5) is 0 Å². The number of carbonyl (C=O) groups excluding carboxylic acids is 1. The summed E-state index contributed by atoms with van der Waals surface area (Å²) < 4.78 is 10.5. The highest BCUT2D eigenvalue weighted by atomic mass is 16.5. The molecule has 1 N–H and O–H groups in total. The second-order valence-electron chi connectivity index (χ2n) is 4.33. The first kappa shape index (κ1) is 14.9. The molecule has 1 aliphatic rings. The van der Waals surface area contributed by atoms with Crippen LogP contribution in [0.3, 0.4) is 0 Å². The first-order valence-corrected chi connectivity index (χ1v) is 6.30. The first-order chi connectivity index (χ1) is 8.57. The highest BCUT2D eigenvalue weighted by molar-refractivity contribution is 5.86. The SMILES string of the molecule is CCCCO[C@@H](C)C(=O)N1CCOC[C@@H]1C(=O)O. The molecule has 6 heteroatoms. The van der Waals surface area contributed by atoms with Gasteiger partial charge in [-0.05, 0) is 13.3 Å². The molecule has 0 bridgehead atoms. The summed E-state index contributed by atoms with van der Waals surface area (Å²) in [4.78, 5) is 24.5. The third-order valence-electron chi connectivity index (χ3n) is 2.91. The lowest BCUT2D eigenvalue weighted by Crippen LogP contribution is -2.55. The number of aliphatic carboxylic acids is 1. The predicted octanol–water partition coefficient (Wildman–Crippen LogP) is 0.504. The standard InChI is InChI=1S/C12H21NO5/c1-3-4-6-18-9(2)11(14)13-5-7-17-8-10(13)12(15)16/h9-10H,3-8H2,1-2H3,(H,15,16)/t9-,10+/m0/s1. The summed E-state index contributed by atoms with van der Waals surface area (Å²) in [5.41, 5.74) is 0. The summed E-state index contributed by atoms with van der Waals surface area (Å²) in [6.07, 6.45) is 1.29. The number of nitrogens with zero attached hydrogens (tertiary/aromatic N) is 1. The van der Waals surface area contributed by atoms with E-state index >= 15 is 0 Å². The maximum absolute atomic E-state index is 12.1. The summed E-state index contributed by atoms with van der Waals surface area (Å²) in [6.45, 7) is 4.94. The van der Waals surface area contributed by atoms with Gasteiger partial charge in [-0.25, -0.2) is 4.79 Å². The predicted molar refractivity (Wildman–Crippen MR) is 64.3 cm³/mol. The van der Waals surface area contributed by atoms with Gasteiger partial charge in [0, 0.05) is 13.2 Å². The van der Waals surface area contributed by atoms with E-state index in [2.05, 4.69) is 0 Å². The van der Waals surface area contributed by atoms with Crippen LogP contribution in [0, 0.1) is 0 Å². The minimum absolute atomic E-state index is 0.0444. The zero-order chi connectivity index (χ0) is 13.5. The fourth-order valence-corrected chi connectivity index (χ4v) is 1.78. The van der Waals surface area contributed by atoms with E-state index in [-0.39, 0.29) is 12.5 Å². The Balaban J connectivity index is 2.54. The van der Waals surface area contributed by atoms with Crippen molar-refractivity contribution in [2.75, 3.05) is 26.4 Å². The van der Waals surface area contributed by atoms with Gasteiger partial charge in [0.05, 0.1) is 13.2 Å². The van der Waals surface area contributed by atoms with Crippen molar-refractivity contribution < 1.29 is 24.2 Å². The third kappa shape index (κ3) is 3.96. The van der Waals surface area contributed by atoms with Gasteiger partial charge in [-0.2, -0.15) is 0 Å². The van der Waals surface area contributed by atoms with Crippen molar-refractivity contribution in [3.05, 3.63) is 0 Å². The summed E-state index contributed by atoms with van der Waals surface area (Å²) in [5.74, 6) is -1.31. The van der Waals surface area contributed by atoms with Crippen LogP contribution in [-0.2, 0) is 19.1 Å². The highest BCUT2D eigenvalue weighted by Gasteiger charge is 2.34. The summed E-state index contributed by atoms with van der Waals surface area (Å²) in [7, 11) is 0. The monoisotopic (exact) mass is 259 g/mol. The molecule has 1 aliphatic heterocycles. The molecule has 0 unspecified atom stereocenters. The number of rotatable bonds is 6. The van der Waals surface area contributed by atoms with Crippen LogP contribution >= 0.6 is 0 Å². The van der Waals surface area contributed by atoms with Gasteiger partial charge in [-0.1, -0.05) is 13.3 Å². The number of morpholine rings is 1. The van der Waals surface area contributed by atoms with Gasteiger partial charge in [0.2, 0.25) is 0 Å². The van der Waals surface area contributed by atoms with Crippen LogP contribution in [0.15, 0.2) is 0 Å². The number of unbranched alkanes of at least 4 members (excludes halogenated alkanes) is 1. The Morgan fingerprint density at radius 1 is 1.56 bits per heavy atom. The molecule has 1 heterocycles. The van der Waals surface area contributed by atoms with Crippen LogP contribution in [0.25, 0.3) is 0 Å². The molecule has 0 aromatic rings. The van der Waals surface area contributed by atoms with Crippen molar-refractivity contribution in [1.82, 2.24) is 4.90 Å². The number of carboxylic acid groups (broad SMARTS) is 1. The molecule has 2 atom stereocenters. The molecule has 6 nitrogen and oxygen atoms in total. The zero-order valence-corrected chi connectivity index (χ0v) is 10.9. The molecule has 0 spiro atoms. The molecule has 104 valence electrons. The largest absolute Gasteiger partial charge is 0.480 e. The molecular formula is C12H21NO5. The lowest BCUT2D eigenvalue weighted by atomic mass is 10.2. The Morgan fingerprint density at radius 3 is 2.89 bits per heavy atom. The quantitative estimate of drug-likeness (QED) is 0.703. The van der Waals surface area contributed by atoms with E-state index in [1.54, 1.807) is 6.92 Å². The molecule has 1 rings (SSSR count). The second kappa shape index (κ2) is 7.33. The minimum atomic E-state index is -1.04. The van der Waals surface area contributed by atoms with Crippen molar-refractivity contribution >= 4 is 11.9 Å². The van der Waals surface area contributed by atoms with Crippen molar-refractivity contribution in [1.29, 1.82) is 0 Å². The van der Waals surface area contributed by atoms with Crippen molar-refractivity contribution in [3.63, 3.8) is 0 Å². The number of hydrogen-bond donors (Lipinski definition) is 1. The molecule has 0 radical (unpaired) electrons. The van der Waals surface area contributed by atoms with Crippen LogP contribution in [0.5, 0.6) is 0 Å². The number of ether oxygens (including phenoxy) is 2. The Hall–Kier alpha value is -1.14. The molecule has 0 aliphatic carbocycles. The summed E-state index contributed by atoms with van der Waals surface area (Å²) in [5, 5.41) is 9.04. The number of carbonyl (C=O) groups is 2. The van der Waals surface area contributed by atoms with Crippen LogP contribution < -0.4 is 0 Å². The molecular weight excluding hydrogens is 238 g/mol. The van der Waals surface area contributed by atoms with Gasteiger partial charge in [-0.3, -0.25) is 4.79 Å². The van der Waals surface area contributed by atoms with E-state index in [9.17, 15) is 9.59 Å². The van der Waals surface area contributed by atoms with Gasteiger partial charge in [0.15, 0.2) is 6.04 Å². The van der Waals surface area contributed by atoms with E-state index in [1.807, 2.05) is 6.92 Å². The minimum Gasteiger partial charge on any atom is -0.480 e. The van der Waals surface area contributed by atoms with Gasteiger partial charge < -0.3 is 19.5 Å². The molecule has 0 aromatic heterocycles. The van der Waals surface area contributed by atoms with E-state index < -0.39 is 18.1 Å². The van der Waals surface area contributed by atoms with Gasteiger partial charge in [-0.15, -0.1) is 0 Å². The normalized spacial score (nSPS) is 21.7. The second-order valence-corrected chi connectivity index (χ2v) is 4.33. The molecule has 0 saturated carbocycles. The molecule has 18 heavy (non-hydrogen) atoms. The average Bonchev–Trinajstić information content (AvgIpc) is 2.38. The fraction of sp³-hybridized carbons (Fsp3) is 0.833. The lowest BCUT2D eigenvalue weighted by molar-refractivity contribution is -0.163. The van der Waals surface area contributed by atoms with E-state index in [0.29, 0.717) is 19.8 Å². The molecule has 0 aromatic carbocycles. The first-order valence-electron chi connectivity index (χ1n) is 6.30. The summed E-state index contributed by atoms with van der Waals surface area (Å²) >= 11 is 0. The van der Waals surface area contributed by atoms with E-state index in [1.165, 1.54) is 4.90 Å². The van der Waals surface area contributed by atoms with Crippen LogP contribution in [-0.4, -0.2) is 60.4 Å². The third-order valence-corrected chi connectivity index (χ3v) is 2.91. The Morgan fingerprint density at radius 2 is 2.28 bits per heavy atom. The fourth-order valence-electron chi connectivity index (χ4n) is 1.78. The molecule has 1 amide bonds. The number of amides is 1. The smallest absolute Gasteiger partial charge is 0.328 e. The lowest BCUT2D eigenvalue weighted by Gasteiger charge is -2.34. The van der Waals surface area contributed by atoms with Crippen molar-refractivity contribution in [2.45, 2.75) is 38.8 Å². The maximum atomic E-state index is 12.1. The molecule has 1 fully saturated rings. The maximum Gasteiger partial charge on any atom is 0.328 e. The van der Waals surface area contributed by atoms with Crippen molar-refractivity contribution in [2.24, 2.45) is 0 Å². The number of hydrogen-bond acceptors (Lipinski definition) is 4. The van der Waals surface area contributed by atoms with Gasteiger partial charge >= 0.3 is 5.97 Å². The van der Waals surface area contributed by atoms with Gasteiger partial charge in [0.25, 0.3) is 5.91 Å². The van der Waals surface area contributed by atoms with Gasteiger partial charge in [0.1, 0.15) is 6.10 Å². The van der Waals surface area contributed by atoms with Crippen LogP contribution in [0.1, 0.15) is 26.7 Å². The van der Waals surface area contributed by atoms with E-state index in [0.717, 1.165) is 12.8 Å².